The van der Waals surface area contributed by atoms with Gasteiger partial charge in [0.15, 0.2) is 16.3 Å². The Morgan fingerprint density at radius 2 is 1.87 bits per heavy atom. The predicted molar refractivity (Wildman–Crippen MR) is 172 cm³/mol. The van der Waals surface area contributed by atoms with E-state index in [1.807, 2.05) is 60.1 Å². The molecule has 3 aromatic heterocycles. The van der Waals surface area contributed by atoms with Crippen LogP contribution in [-0.4, -0.2) is 40.0 Å². The number of nitrogens with zero attached hydrogens (tertiary/aromatic N) is 4. The average molecular weight is 641 g/mol. The molecule has 0 saturated carbocycles. The third-order valence-electron chi connectivity index (χ3n) is 7.08. The highest BCUT2D eigenvalue weighted by Gasteiger charge is 2.34. The summed E-state index contributed by atoms with van der Waals surface area (Å²) in [6, 6.07) is 17.7. The van der Waals surface area contributed by atoms with Crippen LogP contribution in [0.4, 0.5) is 0 Å². The number of allylic oxidation sites excluding steroid dienone is 1. The molecule has 0 spiro atoms. The molecule has 4 heterocycles. The summed E-state index contributed by atoms with van der Waals surface area (Å²) in [6.45, 7) is 4.89. The number of benzene rings is 2. The quantitative estimate of drug-likeness (QED) is 0.179. The van der Waals surface area contributed by atoms with Gasteiger partial charge in [0, 0.05) is 18.7 Å². The summed E-state index contributed by atoms with van der Waals surface area (Å²) in [5, 5.41) is 6.84. The maximum Gasteiger partial charge on any atom is 0.338 e. The Morgan fingerprint density at radius 3 is 2.56 bits per heavy atom. The van der Waals surface area contributed by atoms with Crippen molar-refractivity contribution in [2.75, 3.05) is 13.7 Å². The zero-order valence-electron chi connectivity index (χ0n) is 24.8. The molecule has 0 amide bonds. The number of thiazole rings is 1. The van der Waals surface area contributed by atoms with E-state index < -0.39 is 18.0 Å². The molecule has 10 nitrogen and oxygen atoms in total. The fourth-order valence-corrected chi connectivity index (χ4v) is 6.92. The molecule has 1 aliphatic rings. The van der Waals surface area contributed by atoms with Gasteiger partial charge in [-0.3, -0.25) is 14.2 Å². The Bertz CT molecular complexity index is 2120. The van der Waals surface area contributed by atoms with E-state index in [1.165, 1.54) is 29.9 Å². The van der Waals surface area contributed by atoms with Crippen molar-refractivity contribution < 1.29 is 23.8 Å². The standard InChI is InChI=1S/C33H28N4O6S2/c1-5-42-32(40)28-19(2)34-33-37(30(28)21-13-14-24(43-20(3)38)25(16-21)41-4)31(39)27(45-33)17-22-18-36(23-10-7-6-8-11-23)35-29(22)26-12-9-15-44-26/h6-18,30H,5H2,1-4H3/b27-17-/t30-/m1/s1. The van der Waals surface area contributed by atoms with Crippen molar-refractivity contribution in [2.45, 2.75) is 26.8 Å². The van der Waals surface area contributed by atoms with Crippen molar-refractivity contribution in [1.29, 1.82) is 0 Å². The second kappa shape index (κ2) is 12.5. The first-order valence-electron chi connectivity index (χ1n) is 14.0. The summed E-state index contributed by atoms with van der Waals surface area (Å²) in [6.07, 6.45) is 3.71. The maximum atomic E-state index is 14.3. The summed E-state index contributed by atoms with van der Waals surface area (Å²) < 4.78 is 19.9. The van der Waals surface area contributed by atoms with E-state index >= 15 is 0 Å². The van der Waals surface area contributed by atoms with Crippen LogP contribution in [0.5, 0.6) is 11.5 Å². The lowest BCUT2D eigenvalue weighted by atomic mass is 9.95. The zero-order valence-corrected chi connectivity index (χ0v) is 26.5. The fourth-order valence-electron chi connectivity index (χ4n) is 5.15. The van der Waals surface area contributed by atoms with Gasteiger partial charge in [0.05, 0.1) is 46.1 Å². The average Bonchev–Trinajstić information content (AvgIpc) is 3.77. The van der Waals surface area contributed by atoms with Crippen LogP contribution in [0.3, 0.4) is 0 Å². The number of rotatable bonds is 8. The van der Waals surface area contributed by atoms with E-state index in [9.17, 15) is 14.4 Å². The highest BCUT2D eigenvalue weighted by atomic mass is 32.1. The Labute approximate surface area is 265 Å². The number of thiophene rings is 1. The highest BCUT2D eigenvalue weighted by molar-refractivity contribution is 7.13. The summed E-state index contributed by atoms with van der Waals surface area (Å²) in [4.78, 5) is 45.3. The van der Waals surface area contributed by atoms with Crippen LogP contribution in [-0.2, 0) is 14.3 Å². The number of para-hydroxylation sites is 1. The number of carbonyl (C=O) groups is 2. The molecule has 12 heteroatoms. The monoisotopic (exact) mass is 640 g/mol. The van der Waals surface area contributed by atoms with Gasteiger partial charge in [0.1, 0.15) is 5.69 Å². The third kappa shape index (κ3) is 5.77. The number of methoxy groups -OCH3 is 1. The SMILES string of the molecule is CCOC(=O)C1=C(C)N=c2s/c(=C\c3cn(-c4ccccc4)nc3-c3cccs3)c(=O)n2[C@@H]1c1ccc(OC(C)=O)c(OC)c1. The highest BCUT2D eigenvalue weighted by Crippen LogP contribution is 2.36. The molecule has 0 saturated heterocycles. The Hall–Kier alpha value is -5.07. The van der Waals surface area contributed by atoms with Crippen molar-refractivity contribution in [3.63, 3.8) is 0 Å². The lowest BCUT2D eigenvalue weighted by Gasteiger charge is -2.25. The third-order valence-corrected chi connectivity index (χ3v) is 8.94. The smallest absolute Gasteiger partial charge is 0.338 e. The number of carbonyl (C=O) groups excluding carboxylic acids is 2. The number of esters is 2. The first-order chi connectivity index (χ1) is 21.8. The lowest BCUT2D eigenvalue weighted by Crippen LogP contribution is -2.40. The van der Waals surface area contributed by atoms with Crippen molar-refractivity contribution in [3.8, 4) is 27.8 Å². The molecule has 0 fully saturated rings. The molecule has 45 heavy (non-hydrogen) atoms. The fraction of sp³-hybridized carbons (Fsp3) is 0.182. The van der Waals surface area contributed by atoms with Gasteiger partial charge >= 0.3 is 11.9 Å². The van der Waals surface area contributed by atoms with Crippen molar-refractivity contribution >= 4 is 40.7 Å². The first-order valence-corrected chi connectivity index (χ1v) is 15.7. The van der Waals surface area contributed by atoms with Gasteiger partial charge < -0.3 is 14.2 Å². The molecule has 6 rings (SSSR count). The van der Waals surface area contributed by atoms with Crippen LogP contribution in [0, 0.1) is 0 Å². The van der Waals surface area contributed by atoms with E-state index in [0.717, 1.165) is 21.8 Å². The van der Waals surface area contributed by atoms with Crippen LogP contribution >= 0.6 is 22.7 Å². The molecule has 5 aromatic rings. The normalized spacial score (nSPS) is 14.6. The topological polar surface area (TPSA) is 114 Å². The van der Waals surface area contributed by atoms with E-state index in [4.69, 9.17) is 19.3 Å². The second-order valence-corrected chi connectivity index (χ2v) is 12.0. The molecule has 0 radical (unpaired) electrons. The van der Waals surface area contributed by atoms with E-state index in [1.54, 1.807) is 48.1 Å². The predicted octanol–water partition coefficient (Wildman–Crippen LogP) is 4.65. The van der Waals surface area contributed by atoms with Gasteiger partial charge in [-0.1, -0.05) is 41.7 Å². The first kappa shape index (κ1) is 30.0. The molecular formula is C33H28N4O6S2. The Morgan fingerprint density at radius 1 is 1.07 bits per heavy atom. The molecular weight excluding hydrogens is 613 g/mol. The Balaban J connectivity index is 1.55. The van der Waals surface area contributed by atoms with Gasteiger partial charge in [-0.05, 0) is 61.2 Å². The van der Waals surface area contributed by atoms with Crippen molar-refractivity contribution in [2.24, 2.45) is 4.99 Å². The summed E-state index contributed by atoms with van der Waals surface area (Å²) in [5.74, 6) is -0.590. The van der Waals surface area contributed by atoms with Crippen molar-refractivity contribution in [1.82, 2.24) is 14.3 Å². The molecule has 0 N–H and O–H groups in total. The molecule has 0 unspecified atom stereocenters. The van der Waals surface area contributed by atoms with Gasteiger partial charge in [-0.2, -0.15) is 5.10 Å². The minimum atomic E-state index is -0.869. The van der Waals surface area contributed by atoms with Crippen LogP contribution in [0.1, 0.15) is 37.9 Å². The van der Waals surface area contributed by atoms with Gasteiger partial charge in [-0.15, -0.1) is 11.3 Å². The largest absolute Gasteiger partial charge is 0.493 e. The van der Waals surface area contributed by atoms with E-state index in [-0.39, 0.29) is 29.2 Å². The van der Waals surface area contributed by atoms with Crippen LogP contribution in [0.2, 0.25) is 0 Å². The van der Waals surface area contributed by atoms with Crippen LogP contribution in [0.15, 0.2) is 93.3 Å². The summed E-state index contributed by atoms with van der Waals surface area (Å²) in [7, 11) is 1.45. The van der Waals surface area contributed by atoms with E-state index in [0.29, 0.717) is 20.6 Å². The lowest BCUT2D eigenvalue weighted by molar-refractivity contribution is -0.139. The van der Waals surface area contributed by atoms with Gasteiger partial charge in [0.2, 0.25) is 0 Å². The molecule has 1 aliphatic heterocycles. The molecule has 2 aromatic carbocycles. The number of hydrogen-bond donors (Lipinski definition) is 0. The van der Waals surface area contributed by atoms with Crippen LogP contribution < -0.4 is 24.4 Å². The summed E-state index contributed by atoms with van der Waals surface area (Å²) >= 11 is 2.79. The van der Waals surface area contributed by atoms with E-state index in [2.05, 4.69) is 4.99 Å². The number of fused-ring (bicyclic) bond motifs is 1. The van der Waals surface area contributed by atoms with Crippen molar-refractivity contribution in [3.05, 3.63) is 114 Å². The second-order valence-electron chi connectivity index (χ2n) is 10.00. The molecule has 1 atom stereocenters. The number of aromatic nitrogens is 3. The van der Waals surface area contributed by atoms with Gasteiger partial charge in [0.25, 0.3) is 5.56 Å². The molecule has 228 valence electrons. The number of hydrogen-bond acceptors (Lipinski definition) is 10. The van der Waals surface area contributed by atoms with Crippen LogP contribution in [0.25, 0.3) is 22.3 Å². The minimum absolute atomic E-state index is 0.151. The number of ether oxygens (including phenoxy) is 3. The zero-order chi connectivity index (χ0) is 31.7. The maximum absolute atomic E-state index is 14.3. The summed E-state index contributed by atoms with van der Waals surface area (Å²) in [5.41, 5.74) is 3.29. The molecule has 0 bridgehead atoms. The van der Waals surface area contributed by atoms with Gasteiger partial charge in [-0.25, -0.2) is 14.5 Å². The minimum Gasteiger partial charge on any atom is -0.493 e. The Kier molecular flexibility index (Phi) is 8.33. The molecule has 0 aliphatic carbocycles.